The topological polar surface area (TPSA) is 52.6 Å². The molecule has 1 aliphatic carbocycles. The Morgan fingerprint density at radius 1 is 1.23 bits per heavy atom. The summed E-state index contributed by atoms with van der Waals surface area (Å²) in [5, 5.41) is 12.6. The third-order valence-corrected chi connectivity index (χ3v) is 4.96. The summed E-state index contributed by atoms with van der Waals surface area (Å²) in [5.41, 5.74) is -2.60. The predicted octanol–water partition coefficient (Wildman–Crippen LogP) is 2.07. The van der Waals surface area contributed by atoms with Crippen molar-refractivity contribution in [3.8, 4) is 0 Å². The van der Waals surface area contributed by atoms with Crippen molar-refractivity contribution in [1.82, 2.24) is 10.2 Å². The molecule has 0 radical (unpaired) electrons. The molecule has 1 amide bonds. The fourth-order valence-electron chi connectivity index (χ4n) is 3.25. The first kappa shape index (κ1) is 17.5. The largest absolute Gasteiger partial charge is 0.417 e. The van der Waals surface area contributed by atoms with E-state index < -0.39 is 11.8 Å². The van der Waals surface area contributed by atoms with E-state index in [1.807, 2.05) is 0 Å². The molecule has 1 saturated carbocycles. The Bertz CT molecular complexity index is 385. The molecule has 7 heteroatoms. The Hall–Kier alpha value is -0.820. The van der Waals surface area contributed by atoms with E-state index in [9.17, 15) is 23.1 Å². The van der Waals surface area contributed by atoms with Crippen LogP contribution >= 0.6 is 0 Å². The molecule has 2 rings (SSSR count). The summed E-state index contributed by atoms with van der Waals surface area (Å²) in [6, 6.07) is 0.195. The maximum Gasteiger partial charge on any atom is 0.417 e. The van der Waals surface area contributed by atoms with Gasteiger partial charge in [0, 0.05) is 19.1 Å². The minimum atomic E-state index is -4.60. The third kappa shape index (κ3) is 4.35. The van der Waals surface area contributed by atoms with E-state index in [2.05, 4.69) is 12.2 Å². The minimum absolute atomic E-state index is 0.0884. The predicted molar refractivity (Wildman–Crippen MR) is 76.2 cm³/mol. The van der Waals surface area contributed by atoms with Crippen LogP contribution < -0.4 is 5.32 Å². The number of amides is 1. The number of halogens is 3. The number of nitrogens with one attached hydrogen (secondary N) is 1. The zero-order valence-electron chi connectivity index (χ0n) is 13.0. The Morgan fingerprint density at radius 3 is 2.27 bits per heavy atom. The SMILES string of the molecule is CC1CCC(NC(=O)CN2CCC(O)(C(F)(F)F)CC2)CC1. The average molecular weight is 322 g/mol. The zero-order chi connectivity index (χ0) is 16.4. The van der Waals surface area contributed by atoms with Crippen molar-refractivity contribution in [2.75, 3.05) is 19.6 Å². The second kappa shape index (κ2) is 6.74. The van der Waals surface area contributed by atoms with Gasteiger partial charge in [0.1, 0.15) is 0 Å². The molecule has 22 heavy (non-hydrogen) atoms. The lowest BCUT2D eigenvalue weighted by Crippen LogP contribution is -2.55. The molecule has 0 atom stereocenters. The van der Waals surface area contributed by atoms with Gasteiger partial charge in [-0.05, 0) is 44.4 Å². The van der Waals surface area contributed by atoms with E-state index in [0.29, 0.717) is 5.92 Å². The summed E-state index contributed by atoms with van der Waals surface area (Å²) >= 11 is 0. The van der Waals surface area contributed by atoms with Gasteiger partial charge in [0.25, 0.3) is 0 Å². The molecule has 0 unspecified atom stereocenters. The number of hydrogen-bond donors (Lipinski definition) is 2. The smallest absolute Gasteiger partial charge is 0.380 e. The summed E-state index contributed by atoms with van der Waals surface area (Å²) in [6.45, 7) is 2.49. The van der Waals surface area contributed by atoms with Crippen LogP contribution in [0.2, 0.25) is 0 Å². The van der Waals surface area contributed by atoms with Crippen molar-refractivity contribution in [1.29, 1.82) is 0 Å². The van der Waals surface area contributed by atoms with Crippen molar-refractivity contribution in [3.63, 3.8) is 0 Å². The van der Waals surface area contributed by atoms with Gasteiger partial charge in [-0.15, -0.1) is 0 Å². The van der Waals surface area contributed by atoms with Gasteiger partial charge in [0.05, 0.1) is 6.54 Å². The molecular weight excluding hydrogens is 297 g/mol. The molecule has 0 spiro atoms. The molecule has 0 aromatic carbocycles. The number of piperidine rings is 1. The van der Waals surface area contributed by atoms with E-state index >= 15 is 0 Å². The van der Waals surface area contributed by atoms with Crippen molar-refractivity contribution >= 4 is 5.91 Å². The molecule has 0 bridgehead atoms. The molecule has 1 aliphatic heterocycles. The molecule has 4 nitrogen and oxygen atoms in total. The molecule has 0 aromatic rings. The van der Waals surface area contributed by atoms with Crippen LogP contribution in [0.15, 0.2) is 0 Å². The van der Waals surface area contributed by atoms with Crippen LogP contribution in [-0.4, -0.2) is 53.4 Å². The Labute approximate surface area is 129 Å². The van der Waals surface area contributed by atoms with E-state index in [-0.39, 0.29) is 44.4 Å². The van der Waals surface area contributed by atoms with Crippen molar-refractivity contribution < 1.29 is 23.1 Å². The number of aliphatic hydroxyl groups is 1. The quantitative estimate of drug-likeness (QED) is 0.836. The van der Waals surface area contributed by atoms with Gasteiger partial charge in [-0.1, -0.05) is 6.92 Å². The van der Waals surface area contributed by atoms with Crippen molar-refractivity contribution in [2.45, 2.75) is 63.3 Å². The van der Waals surface area contributed by atoms with Crippen LogP contribution in [0.5, 0.6) is 0 Å². The standard InChI is InChI=1S/C15H25F3N2O2/c1-11-2-4-12(5-3-11)19-13(21)10-20-8-6-14(22,7-9-20)15(16,17)18/h11-12,22H,2-10H2,1H3,(H,19,21). The lowest BCUT2D eigenvalue weighted by molar-refractivity contribution is -0.272. The molecule has 2 aliphatic rings. The van der Waals surface area contributed by atoms with Crippen molar-refractivity contribution in [3.05, 3.63) is 0 Å². The summed E-state index contributed by atoms with van der Waals surface area (Å²) in [6.07, 6.45) is -1.18. The number of alkyl halides is 3. The molecule has 0 aromatic heterocycles. The molecule has 2 fully saturated rings. The molecule has 1 saturated heterocycles. The van der Waals surface area contributed by atoms with Crippen molar-refractivity contribution in [2.24, 2.45) is 5.92 Å². The average Bonchev–Trinajstić information content (AvgIpc) is 2.43. The van der Waals surface area contributed by atoms with Gasteiger partial charge in [-0.2, -0.15) is 13.2 Å². The van der Waals surface area contributed by atoms with Crippen LogP contribution in [0, 0.1) is 5.92 Å². The van der Waals surface area contributed by atoms with Gasteiger partial charge < -0.3 is 10.4 Å². The molecular formula is C15H25F3N2O2. The maximum absolute atomic E-state index is 12.7. The highest BCUT2D eigenvalue weighted by atomic mass is 19.4. The zero-order valence-corrected chi connectivity index (χ0v) is 13.0. The summed E-state index contributed by atoms with van der Waals surface area (Å²) < 4.78 is 38.1. The molecule has 1 heterocycles. The van der Waals surface area contributed by atoms with Gasteiger partial charge in [0.15, 0.2) is 5.60 Å². The van der Waals surface area contributed by atoms with E-state index in [0.717, 1.165) is 25.7 Å². The Balaban J connectivity index is 1.73. The lowest BCUT2D eigenvalue weighted by Gasteiger charge is -2.39. The van der Waals surface area contributed by atoms with Gasteiger partial charge in [-0.3, -0.25) is 9.69 Å². The fraction of sp³-hybridized carbons (Fsp3) is 0.933. The lowest BCUT2D eigenvalue weighted by atomic mass is 9.87. The number of carbonyl (C=O) groups is 1. The number of carbonyl (C=O) groups excluding carboxylic acids is 1. The highest BCUT2D eigenvalue weighted by molar-refractivity contribution is 5.78. The first-order valence-corrected chi connectivity index (χ1v) is 8.00. The molecule has 2 N–H and O–H groups in total. The monoisotopic (exact) mass is 322 g/mol. The number of likely N-dealkylation sites (tertiary alicyclic amines) is 1. The van der Waals surface area contributed by atoms with Crippen LogP contribution in [0.3, 0.4) is 0 Å². The third-order valence-electron chi connectivity index (χ3n) is 4.96. The summed E-state index contributed by atoms with van der Waals surface area (Å²) in [7, 11) is 0. The second-order valence-corrected chi connectivity index (χ2v) is 6.83. The normalized spacial score (nSPS) is 30.0. The van der Waals surface area contributed by atoms with Crippen LogP contribution in [0.4, 0.5) is 13.2 Å². The first-order valence-electron chi connectivity index (χ1n) is 8.00. The maximum atomic E-state index is 12.7. The highest BCUT2D eigenvalue weighted by Gasteiger charge is 2.54. The van der Waals surface area contributed by atoms with Gasteiger partial charge >= 0.3 is 6.18 Å². The summed E-state index contributed by atoms with van der Waals surface area (Å²) in [5.74, 6) is 0.576. The molecule has 128 valence electrons. The van der Waals surface area contributed by atoms with Crippen LogP contribution in [0.25, 0.3) is 0 Å². The number of hydrogen-bond acceptors (Lipinski definition) is 3. The second-order valence-electron chi connectivity index (χ2n) is 6.83. The van der Waals surface area contributed by atoms with E-state index in [1.165, 1.54) is 0 Å². The number of nitrogens with zero attached hydrogens (tertiary/aromatic N) is 1. The Morgan fingerprint density at radius 2 is 1.77 bits per heavy atom. The van der Waals surface area contributed by atoms with Crippen LogP contribution in [0.1, 0.15) is 45.4 Å². The van der Waals surface area contributed by atoms with Gasteiger partial charge in [0.2, 0.25) is 5.91 Å². The van der Waals surface area contributed by atoms with Crippen LogP contribution in [-0.2, 0) is 4.79 Å². The first-order chi connectivity index (χ1) is 10.2. The van der Waals surface area contributed by atoms with Gasteiger partial charge in [-0.25, -0.2) is 0 Å². The summed E-state index contributed by atoms with van der Waals surface area (Å²) in [4.78, 5) is 13.7. The fourth-order valence-corrected chi connectivity index (χ4v) is 3.25. The van der Waals surface area contributed by atoms with E-state index in [1.54, 1.807) is 4.90 Å². The van der Waals surface area contributed by atoms with E-state index in [4.69, 9.17) is 0 Å². The minimum Gasteiger partial charge on any atom is -0.380 e. The highest BCUT2D eigenvalue weighted by Crippen LogP contribution is 2.38. The number of rotatable bonds is 3. The Kier molecular flexibility index (Phi) is 5.37.